The van der Waals surface area contributed by atoms with Crippen LogP contribution in [0.2, 0.25) is 0 Å². The van der Waals surface area contributed by atoms with E-state index in [1.165, 1.54) is 41.9 Å². The summed E-state index contributed by atoms with van der Waals surface area (Å²) < 4.78 is 1.61. The zero-order valence-electron chi connectivity index (χ0n) is 7.50. The van der Waals surface area contributed by atoms with Gasteiger partial charge in [0.05, 0.1) is 0 Å². The van der Waals surface area contributed by atoms with E-state index in [2.05, 4.69) is 42.5 Å². The Hall–Kier alpha value is 0.150. The molecule has 0 heterocycles. The second-order valence-electron chi connectivity index (χ2n) is 2.86. The molecule has 2 rings (SSSR count). The number of halogens is 2. The predicted octanol–water partition coefficient (Wildman–Crippen LogP) is -3.09. The van der Waals surface area contributed by atoms with Crippen LogP contribution in [0.4, 0.5) is 0 Å². The van der Waals surface area contributed by atoms with Gasteiger partial charge in [0.1, 0.15) is 0 Å². The summed E-state index contributed by atoms with van der Waals surface area (Å²) in [5.74, 6) is 0. The fraction of sp³-hybridized carbons (Fsp3) is 0.0909. The molecule has 0 aliphatic heterocycles. The van der Waals surface area contributed by atoms with Crippen LogP contribution in [0.1, 0.15) is 12.0 Å². The molecule has 1 aromatic carbocycles. The first-order valence-corrected chi connectivity index (χ1v) is 5.84. The summed E-state index contributed by atoms with van der Waals surface area (Å²) in [7, 11) is 0. The zero-order chi connectivity index (χ0) is 8.39. The summed E-state index contributed by atoms with van der Waals surface area (Å²) in [6.45, 7) is 0. The van der Waals surface area contributed by atoms with Gasteiger partial charge in [-0.2, -0.15) is 0 Å². The van der Waals surface area contributed by atoms with E-state index in [1.54, 1.807) is 3.33 Å². The van der Waals surface area contributed by atoms with Crippen LogP contribution in [0, 0.1) is 0 Å². The van der Waals surface area contributed by atoms with Crippen LogP contribution in [-0.2, 0) is 24.4 Å². The van der Waals surface area contributed by atoms with Crippen LogP contribution in [0.5, 0.6) is 0 Å². The van der Waals surface area contributed by atoms with Crippen molar-refractivity contribution in [1.29, 1.82) is 0 Å². The second-order valence-corrected chi connectivity index (χ2v) is 5.03. The van der Waals surface area contributed by atoms with Gasteiger partial charge in [-0.25, -0.2) is 0 Å². The molecule has 0 saturated carbocycles. The molecule has 1 aliphatic rings. The normalized spacial score (nSPS) is 13.6. The van der Waals surface area contributed by atoms with Crippen molar-refractivity contribution in [3.63, 3.8) is 0 Å². The van der Waals surface area contributed by atoms with Gasteiger partial charge in [-0.05, 0) is 0 Å². The number of allylic oxidation sites excluding steroid dienone is 4. The minimum atomic E-state index is 0. The number of hydrogen-bond acceptors (Lipinski definition) is 0. The molecule has 71 valence electrons. The molecule has 0 amide bonds. The molecule has 0 radical (unpaired) electrons. The van der Waals surface area contributed by atoms with Crippen molar-refractivity contribution in [1.82, 2.24) is 0 Å². The van der Waals surface area contributed by atoms with Crippen molar-refractivity contribution in [2.45, 2.75) is 6.42 Å². The molecule has 0 bridgehead atoms. The third-order valence-corrected chi connectivity index (χ3v) is 3.72. The van der Waals surface area contributed by atoms with Crippen molar-refractivity contribution in [3.05, 3.63) is 51.4 Å². The van der Waals surface area contributed by atoms with Crippen molar-refractivity contribution < 1.29 is 49.2 Å². The van der Waals surface area contributed by atoms with Crippen LogP contribution in [0.15, 0.2) is 45.8 Å². The molecule has 1 aromatic rings. The van der Waals surface area contributed by atoms with Gasteiger partial charge >= 0.3 is 87.7 Å². The first-order valence-electron chi connectivity index (χ1n) is 4.04. The van der Waals surface area contributed by atoms with Crippen LogP contribution in [0.3, 0.4) is 0 Å². The van der Waals surface area contributed by atoms with Gasteiger partial charge in [-0.3, -0.25) is 0 Å². The maximum absolute atomic E-state index is 2.25. The van der Waals surface area contributed by atoms with Crippen molar-refractivity contribution in [2.75, 3.05) is 0 Å². The van der Waals surface area contributed by atoms with Crippen LogP contribution in [-0.4, -0.2) is 0 Å². The summed E-state index contributed by atoms with van der Waals surface area (Å²) in [6.07, 6.45) is 5.68. The summed E-state index contributed by atoms with van der Waals surface area (Å²) in [5, 5.41) is 0. The average molecular weight is 391 g/mol. The summed E-state index contributed by atoms with van der Waals surface area (Å²) in [5.41, 5.74) is 2.83. The second kappa shape index (κ2) is 6.60. The standard InChI is InChI=1S/C11H9.2ClH.Hf/c1-2-6-10(7-3-1)11-8-4-5-9-11;;;/h1-4,6-8H,5H2;2*1H;/q;;;+2/p-2. The Morgan fingerprint density at radius 1 is 1.00 bits per heavy atom. The summed E-state index contributed by atoms with van der Waals surface area (Å²) in [6, 6.07) is 10.6. The Kier molecular flexibility index (Phi) is 6.67. The van der Waals surface area contributed by atoms with E-state index in [4.69, 9.17) is 0 Å². The monoisotopic (exact) mass is 391 g/mol. The van der Waals surface area contributed by atoms with Gasteiger partial charge in [-0.1, -0.05) is 0 Å². The van der Waals surface area contributed by atoms with Gasteiger partial charge in [0, 0.05) is 0 Å². The molecule has 0 unspecified atom stereocenters. The van der Waals surface area contributed by atoms with Gasteiger partial charge in [0.25, 0.3) is 0 Å². The molecule has 0 atom stereocenters. The fourth-order valence-corrected chi connectivity index (χ4v) is 2.63. The Labute approximate surface area is 112 Å². The quantitative estimate of drug-likeness (QED) is 0.446. The summed E-state index contributed by atoms with van der Waals surface area (Å²) in [4.78, 5) is 0. The topological polar surface area (TPSA) is 0 Å². The molecule has 0 aromatic heterocycles. The first kappa shape index (κ1) is 14.2. The van der Waals surface area contributed by atoms with Crippen LogP contribution < -0.4 is 24.8 Å². The third-order valence-electron chi connectivity index (χ3n) is 2.02. The van der Waals surface area contributed by atoms with Crippen molar-refractivity contribution >= 4 is 5.57 Å². The zero-order valence-corrected chi connectivity index (χ0v) is 12.6. The molecule has 1 aliphatic carbocycles. The molecule has 14 heavy (non-hydrogen) atoms. The maximum atomic E-state index is 2.25. The first-order chi connectivity index (χ1) is 5.88. The van der Waals surface area contributed by atoms with Crippen LogP contribution >= 0.6 is 0 Å². The molecule has 0 saturated heterocycles. The van der Waals surface area contributed by atoms with Gasteiger partial charge in [0.2, 0.25) is 0 Å². The Morgan fingerprint density at radius 3 is 2.14 bits per heavy atom. The molecule has 0 N–H and O–H groups in total. The predicted molar refractivity (Wildman–Crippen MR) is 47.1 cm³/mol. The number of rotatable bonds is 1. The Bertz CT molecular complexity index is 342. The Balaban J connectivity index is 0.000000845. The molecule has 0 fully saturated rings. The SMILES string of the molecule is [Cl-].[Cl-].[Hf+2][C]1=C(c2ccccc2)C=CC1. The van der Waals surface area contributed by atoms with E-state index in [1.807, 2.05) is 0 Å². The van der Waals surface area contributed by atoms with E-state index in [0.29, 0.717) is 0 Å². The van der Waals surface area contributed by atoms with Crippen molar-refractivity contribution in [3.8, 4) is 0 Å². The van der Waals surface area contributed by atoms with E-state index in [0.717, 1.165) is 0 Å². The third kappa shape index (κ3) is 3.08. The molecular formula is C11H9Cl2Hf. The molecule has 3 heteroatoms. The molecule has 0 spiro atoms. The van der Waals surface area contributed by atoms with Gasteiger partial charge < -0.3 is 24.8 Å². The average Bonchev–Trinajstić information content (AvgIpc) is 2.53. The van der Waals surface area contributed by atoms with E-state index in [-0.39, 0.29) is 24.8 Å². The Morgan fingerprint density at radius 2 is 1.64 bits per heavy atom. The van der Waals surface area contributed by atoms with Gasteiger partial charge in [-0.15, -0.1) is 0 Å². The van der Waals surface area contributed by atoms with Crippen molar-refractivity contribution in [2.24, 2.45) is 0 Å². The fourth-order valence-electron chi connectivity index (χ4n) is 1.39. The molecule has 0 nitrogen and oxygen atoms in total. The minimum absolute atomic E-state index is 0. The van der Waals surface area contributed by atoms with Crippen LogP contribution in [0.25, 0.3) is 5.57 Å². The van der Waals surface area contributed by atoms with E-state index >= 15 is 0 Å². The van der Waals surface area contributed by atoms with Gasteiger partial charge in [0.15, 0.2) is 0 Å². The van der Waals surface area contributed by atoms with E-state index in [9.17, 15) is 0 Å². The summed E-state index contributed by atoms with van der Waals surface area (Å²) >= 11 is 1.19. The molecular weight excluding hydrogens is 382 g/mol. The van der Waals surface area contributed by atoms with E-state index < -0.39 is 0 Å². The number of hydrogen-bond donors (Lipinski definition) is 0. The number of benzene rings is 1.